The number of fused-ring (bicyclic) bond motifs is 1. The van der Waals surface area contributed by atoms with Crippen LogP contribution in [0.25, 0.3) is 20.9 Å². The third kappa shape index (κ3) is 3.29. The molecular weight excluding hydrogens is 390 g/mol. The summed E-state index contributed by atoms with van der Waals surface area (Å²) in [6, 6.07) is 17.1. The van der Waals surface area contributed by atoms with Crippen LogP contribution in [0.4, 0.5) is 5.69 Å². The van der Waals surface area contributed by atoms with Crippen LogP contribution in [0.5, 0.6) is 0 Å². The van der Waals surface area contributed by atoms with Crippen LogP contribution in [0.2, 0.25) is 5.02 Å². The van der Waals surface area contributed by atoms with Gasteiger partial charge in [-0.1, -0.05) is 35.1 Å². The minimum atomic E-state index is -3.75. The van der Waals surface area contributed by atoms with Crippen LogP contribution >= 0.6 is 22.9 Å². The molecule has 2 aromatic carbocycles. The summed E-state index contributed by atoms with van der Waals surface area (Å²) in [6.45, 7) is 0. The van der Waals surface area contributed by atoms with Gasteiger partial charge in [-0.3, -0.25) is 4.72 Å². The van der Waals surface area contributed by atoms with Crippen molar-refractivity contribution in [1.82, 2.24) is 9.97 Å². The molecule has 0 saturated carbocycles. The summed E-state index contributed by atoms with van der Waals surface area (Å²) in [5.41, 5.74) is 2.19. The summed E-state index contributed by atoms with van der Waals surface area (Å²) in [6.07, 6.45) is 1.73. The molecule has 0 bridgehead atoms. The van der Waals surface area contributed by atoms with E-state index in [4.69, 9.17) is 11.6 Å². The highest BCUT2D eigenvalue weighted by atomic mass is 35.5. The first-order valence-corrected chi connectivity index (χ1v) is 10.3. The summed E-state index contributed by atoms with van der Waals surface area (Å²) in [5.74, 6) is 0. The molecule has 2 aromatic heterocycles. The highest BCUT2D eigenvalue weighted by molar-refractivity contribution is 7.92. The predicted molar refractivity (Wildman–Crippen MR) is 105 cm³/mol. The monoisotopic (exact) mass is 401 g/mol. The number of aromatic nitrogens is 2. The molecule has 1 N–H and O–H groups in total. The van der Waals surface area contributed by atoms with E-state index in [0.29, 0.717) is 5.69 Å². The minimum Gasteiger partial charge on any atom is -0.280 e. The molecule has 8 heteroatoms. The van der Waals surface area contributed by atoms with Gasteiger partial charge in [-0.15, -0.1) is 0 Å². The normalized spacial score (nSPS) is 11.6. The zero-order chi connectivity index (χ0) is 18.1. The van der Waals surface area contributed by atoms with Gasteiger partial charge in [0.05, 0.1) is 5.02 Å². The number of pyridine rings is 1. The van der Waals surface area contributed by atoms with Gasteiger partial charge in [0.15, 0.2) is 0 Å². The maximum absolute atomic E-state index is 12.5. The quantitative estimate of drug-likeness (QED) is 0.532. The van der Waals surface area contributed by atoms with Gasteiger partial charge in [-0.25, -0.2) is 18.4 Å². The molecule has 130 valence electrons. The predicted octanol–water partition coefficient (Wildman–Crippen LogP) is 4.81. The van der Waals surface area contributed by atoms with Gasteiger partial charge in [0.2, 0.25) is 0 Å². The van der Waals surface area contributed by atoms with E-state index in [1.54, 1.807) is 36.5 Å². The van der Waals surface area contributed by atoms with Crippen molar-refractivity contribution in [2.45, 2.75) is 4.90 Å². The molecule has 0 spiro atoms. The van der Waals surface area contributed by atoms with Gasteiger partial charge in [0, 0.05) is 17.4 Å². The first kappa shape index (κ1) is 17.0. The Labute approximate surface area is 159 Å². The highest BCUT2D eigenvalue weighted by Crippen LogP contribution is 2.30. The van der Waals surface area contributed by atoms with Gasteiger partial charge in [0.1, 0.15) is 20.3 Å². The number of rotatable bonds is 4. The largest absolute Gasteiger partial charge is 0.280 e. The Kier molecular flexibility index (Phi) is 4.36. The van der Waals surface area contributed by atoms with Crippen molar-refractivity contribution in [2.75, 3.05) is 4.72 Å². The third-order valence-corrected chi connectivity index (χ3v) is 6.59. The molecule has 4 aromatic rings. The number of thiazole rings is 1. The van der Waals surface area contributed by atoms with Gasteiger partial charge in [0.25, 0.3) is 10.0 Å². The van der Waals surface area contributed by atoms with Gasteiger partial charge in [-0.2, -0.15) is 0 Å². The summed E-state index contributed by atoms with van der Waals surface area (Å²) in [7, 11) is -3.75. The molecule has 4 rings (SSSR count). The fourth-order valence-electron chi connectivity index (χ4n) is 2.45. The maximum Gasteiger partial charge on any atom is 0.263 e. The third-order valence-electron chi connectivity index (χ3n) is 3.68. The second kappa shape index (κ2) is 6.68. The lowest BCUT2D eigenvalue weighted by Gasteiger charge is -2.09. The van der Waals surface area contributed by atoms with Crippen LogP contribution in [-0.4, -0.2) is 18.4 Å². The smallest absolute Gasteiger partial charge is 0.263 e. The number of sulfonamides is 1. The lowest BCUT2D eigenvalue weighted by molar-refractivity contribution is 0.601. The van der Waals surface area contributed by atoms with Gasteiger partial charge < -0.3 is 0 Å². The number of nitrogens with one attached hydrogen (secondary N) is 1. The number of benzene rings is 2. The van der Waals surface area contributed by atoms with E-state index < -0.39 is 10.0 Å². The van der Waals surface area contributed by atoms with E-state index in [1.807, 2.05) is 24.3 Å². The molecule has 2 heterocycles. The lowest BCUT2D eigenvalue weighted by Crippen LogP contribution is -2.13. The number of anilines is 1. The average molecular weight is 402 g/mol. The van der Waals surface area contributed by atoms with Crippen molar-refractivity contribution < 1.29 is 8.42 Å². The van der Waals surface area contributed by atoms with Crippen molar-refractivity contribution in [2.24, 2.45) is 0 Å². The molecular formula is C18H12ClN3O2S2. The Morgan fingerprint density at radius 2 is 1.73 bits per heavy atom. The van der Waals surface area contributed by atoms with Crippen molar-refractivity contribution >= 4 is 49.0 Å². The molecule has 26 heavy (non-hydrogen) atoms. The minimum absolute atomic E-state index is 0.0444. The second-order valence-electron chi connectivity index (χ2n) is 5.46. The molecule has 5 nitrogen and oxygen atoms in total. The zero-order valence-corrected chi connectivity index (χ0v) is 15.6. The van der Waals surface area contributed by atoms with E-state index in [2.05, 4.69) is 14.7 Å². The lowest BCUT2D eigenvalue weighted by atomic mass is 10.2. The molecule has 0 unspecified atom stereocenters. The first-order chi connectivity index (χ1) is 12.5. The Bertz CT molecular complexity index is 1160. The van der Waals surface area contributed by atoms with Gasteiger partial charge in [-0.05, 0) is 48.5 Å². The van der Waals surface area contributed by atoms with Crippen molar-refractivity contribution in [1.29, 1.82) is 0 Å². The molecule has 0 fully saturated rings. The molecule has 0 amide bonds. The molecule has 0 radical (unpaired) electrons. The van der Waals surface area contributed by atoms with Crippen molar-refractivity contribution in [3.05, 3.63) is 71.9 Å². The fraction of sp³-hybridized carbons (Fsp3) is 0. The standard InChI is InChI=1S/C18H12ClN3O2S2/c19-14-4-1-2-6-16(14)26(23,24)22-13-9-7-12(8-10-13)17-21-15-5-3-11-20-18(15)25-17/h1-11,22H. The van der Waals surface area contributed by atoms with Crippen LogP contribution in [0.3, 0.4) is 0 Å². The Morgan fingerprint density at radius 3 is 2.46 bits per heavy atom. The van der Waals surface area contributed by atoms with Gasteiger partial charge >= 0.3 is 0 Å². The average Bonchev–Trinajstić information content (AvgIpc) is 3.06. The van der Waals surface area contributed by atoms with Crippen LogP contribution in [0, 0.1) is 0 Å². The Hall–Kier alpha value is -2.48. The van der Waals surface area contributed by atoms with E-state index in [9.17, 15) is 8.42 Å². The topological polar surface area (TPSA) is 72.0 Å². The van der Waals surface area contributed by atoms with Crippen LogP contribution < -0.4 is 4.72 Å². The Morgan fingerprint density at radius 1 is 0.962 bits per heavy atom. The molecule has 0 aliphatic heterocycles. The highest BCUT2D eigenvalue weighted by Gasteiger charge is 2.17. The van der Waals surface area contributed by atoms with E-state index >= 15 is 0 Å². The van der Waals surface area contributed by atoms with E-state index in [0.717, 1.165) is 20.9 Å². The van der Waals surface area contributed by atoms with E-state index in [1.165, 1.54) is 17.4 Å². The summed E-state index contributed by atoms with van der Waals surface area (Å²) < 4.78 is 27.5. The number of nitrogens with zero attached hydrogens (tertiary/aromatic N) is 2. The summed E-state index contributed by atoms with van der Waals surface area (Å²) in [4.78, 5) is 9.74. The molecule has 0 aliphatic rings. The maximum atomic E-state index is 12.5. The van der Waals surface area contributed by atoms with Crippen LogP contribution in [-0.2, 0) is 10.0 Å². The fourth-order valence-corrected chi connectivity index (χ4v) is 4.94. The number of hydrogen-bond donors (Lipinski definition) is 1. The second-order valence-corrected chi connectivity index (χ2v) is 8.50. The SMILES string of the molecule is O=S(=O)(Nc1ccc(-c2nc3cccnc3s2)cc1)c1ccccc1Cl. The van der Waals surface area contributed by atoms with Crippen molar-refractivity contribution in [3.63, 3.8) is 0 Å². The summed E-state index contributed by atoms with van der Waals surface area (Å²) in [5, 5.41) is 1.01. The summed E-state index contributed by atoms with van der Waals surface area (Å²) >= 11 is 7.48. The van der Waals surface area contributed by atoms with Crippen molar-refractivity contribution in [3.8, 4) is 10.6 Å². The molecule has 0 aliphatic carbocycles. The number of hydrogen-bond acceptors (Lipinski definition) is 5. The number of halogens is 1. The molecule has 0 atom stereocenters. The van der Waals surface area contributed by atoms with Crippen LogP contribution in [0.15, 0.2) is 71.8 Å². The zero-order valence-electron chi connectivity index (χ0n) is 13.3. The van der Waals surface area contributed by atoms with E-state index in [-0.39, 0.29) is 9.92 Å². The van der Waals surface area contributed by atoms with Crippen LogP contribution in [0.1, 0.15) is 0 Å². The first-order valence-electron chi connectivity index (χ1n) is 7.62. The molecule has 0 saturated heterocycles. The Balaban J connectivity index is 1.61.